The Bertz CT molecular complexity index is 571. The largest absolute Gasteiger partial charge is 0.394 e. The third-order valence-electron chi connectivity index (χ3n) is 2.53. The van der Waals surface area contributed by atoms with E-state index < -0.39 is 11.7 Å². The average Bonchev–Trinajstić information content (AvgIpc) is 2.92. The van der Waals surface area contributed by atoms with Gasteiger partial charge in [-0.3, -0.25) is 4.79 Å². The number of hydrogen-bond donors (Lipinski definition) is 2. The topological polar surface area (TPSA) is 80.0 Å². The van der Waals surface area contributed by atoms with Crippen molar-refractivity contribution in [1.82, 2.24) is 20.1 Å². The lowest BCUT2D eigenvalue weighted by Gasteiger charge is -2.11. The van der Waals surface area contributed by atoms with Crippen LogP contribution in [0.15, 0.2) is 30.9 Å². The van der Waals surface area contributed by atoms with Crippen molar-refractivity contribution >= 4 is 5.91 Å². The van der Waals surface area contributed by atoms with E-state index in [4.69, 9.17) is 5.11 Å². The lowest BCUT2D eigenvalue weighted by atomic mass is 10.1. The minimum atomic E-state index is -0.574. The van der Waals surface area contributed by atoms with Gasteiger partial charge in [0.05, 0.1) is 6.61 Å². The van der Waals surface area contributed by atoms with Crippen LogP contribution in [0, 0.1) is 5.82 Å². The van der Waals surface area contributed by atoms with Crippen molar-refractivity contribution in [2.45, 2.75) is 13.0 Å². The van der Waals surface area contributed by atoms with Gasteiger partial charge in [-0.25, -0.2) is 14.1 Å². The van der Waals surface area contributed by atoms with Crippen LogP contribution in [0.3, 0.4) is 0 Å². The van der Waals surface area contributed by atoms with Gasteiger partial charge < -0.3 is 10.4 Å². The molecule has 0 fully saturated rings. The first-order chi connectivity index (χ1) is 9.11. The summed E-state index contributed by atoms with van der Waals surface area (Å²) in [6.07, 6.45) is 2.66. The number of benzene rings is 1. The molecule has 2 N–H and O–H groups in total. The number of carbonyl (C=O) groups is 1. The molecule has 7 heteroatoms. The summed E-state index contributed by atoms with van der Waals surface area (Å²) >= 11 is 0. The van der Waals surface area contributed by atoms with Crippen LogP contribution in [0.1, 0.15) is 17.3 Å². The molecule has 6 nitrogen and oxygen atoms in total. The normalized spacial score (nSPS) is 12.2. The van der Waals surface area contributed by atoms with Crippen LogP contribution in [0.4, 0.5) is 4.39 Å². The Morgan fingerprint density at radius 1 is 1.58 bits per heavy atom. The van der Waals surface area contributed by atoms with E-state index in [9.17, 15) is 9.18 Å². The third-order valence-corrected chi connectivity index (χ3v) is 2.53. The molecule has 0 radical (unpaired) electrons. The number of carbonyl (C=O) groups excluding carboxylic acids is 1. The maximum absolute atomic E-state index is 13.9. The number of nitrogens with one attached hydrogen (secondary N) is 1. The molecule has 0 bridgehead atoms. The number of halogens is 1. The van der Waals surface area contributed by atoms with Crippen molar-refractivity contribution in [3.05, 3.63) is 42.2 Å². The summed E-state index contributed by atoms with van der Waals surface area (Å²) in [6.45, 7) is 1.48. The van der Waals surface area contributed by atoms with Crippen molar-refractivity contribution < 1.29 is 14.3 Å². The van der Waals surface area contributed by atoms with Crippen molar-refractivity contribution in [2.75, 3.05) is 6.61 Å². The van der Waals surface area contributed by atoms with E-state index in [1.54, 1.807) is 6.92 Å². The van der Waals surface area contributed by atoms with Crippen LogP contribution in [0.2, 0.25) is 0 Å². The molecule has 1 aromatic heterocycles. The number of nitrogens with zero attached hydrogens (tertiary/aromatic N) is 3. The van der Waals surface area contributed by atoms with Gasteiger partial charge in [-0.2, -0.15) is 5.10 Å². The monoisotopic (exact) mass is 264 g/mol. The minimum Gasteiger partial charge on any atom is -0.394 e. The average molecular weight is 264 g/mol. The summed E-state index contributed by atoms with van der Waals surface area (Å²) in [4.78, 5) is 15.5. The van der Waals surface area contributed by atoms with Crippen molar-refractivity contribution in [3.63, 3.8) is 0 Å². The molecule has 2 rings (SSSR count). The molecule has 0 aliphatic heterocycles. The second-order valence-electron chi connectivity index (χ2n) is 4.06. The van der Waals surface area contributed by atoms with E-state index in [-0.39, 0.29) is 23.9 Å². The molecule has 0 aliphatic carbocycles. The van der Waals surface area contributed by atoms with Gasteiger partial charge in [0, 0.05) is 11.6 Å². The molecule has 1 aromatic carbocycles. The molecule has 1 unspecified atom stereocenters. The minimum absolute atomic E-state index is 0.175. The smallest absolute Gasteiger partial charge is 0.251 e. The van der Waals surface area contributed by atoms with Crippen LogP contribution >= 0.6 is 0 Å². The molecule has 0 saturated heterocycles. The Morgan fingerprint density at radius 3 is 2.95 bits per heavy atom. The summed E-state index contributed by atoms with van der Waals surface area (Å²) in [7, 11) is 0. The highest BCUT2D eigenvalue weighted by atomic mass is 19.1. The van der Waals surface area contributed by atoms with Crippen molar-refractivity contribution in [2.24, 2.45) is 0 Å². The molecule has 1 heterocycles. The number of amides is 1. The van der Waals surface area contributed by atoms with E-state index in [2.05, 4.69) is 15.4 Å². The molecule has 0 saturated carbocycles. The molecule has 1 amide bonds. The second-order valence-corrected chi connectivity index (χ2v) is 4.06. The lowest BCUT2D eigenvalue weighted by molar-refractivity contribution is 0.0922. The number of rotatable bonds is 4. The number of aliphatic hydroxyl groups excluding tert-OH is 1. The fourth-order valence-corrected chi connectivity index (χ4v) is 1.52. The van der Waals surface area contributed by atoms with Gasteiger partial charge in [0.2, 0.25) is 0 Å². The standard InChI is InChI=1S/C12H13FN4O2/c1-8(5-18)16-12(19)9-2-3-11(10(13)4-9)17-7-14-6-15-17/h2-4,6-8,18H,5H2,1H3,(H,16,19). The summed E-state index contributed by atoms with van der Waals surface area (Å²) in [5.74, 6) is -1.01. The fourth-order valence-electron chi connectivity index (χ4n) is 1.52. The highest BCUT2D eigenvalue weighted by molar-refractivity contribution is 5.94. The molecule has 0 aliphatic rings. The molecule has 0 spiro atoms. The zero-order valence-corrected chi connectivity index (χ0v) is 10.2. The summed E-state index contributed by atoms with van der Waals surface area (Å²) < 4.78 is 15.1. The second kappa shape index (κ2) is 5.57. The summed E-state index contributed by atoms with van der Waals surface area (Å²) in [5.41, 5.74) is 0.394. The molecule has 2 aromatic rings. The van der Waals surface area contributed by atoms with Gasteiger partial charge in [-0.05, 0) is 25.1 Å². The van der Waals surface area contributed by atoms with E-state index in [0.29, 0.717) is 0 Å². The first-order valence-electron chi connectivity index (χ1n) is 5.68. The highest BCUT2D eigenvalue weighted by Crippen LogP contribution is 2.14. The highest BCUT2D eigenvalue weighted by Gasteiger charge is 2.12. The Labute approximate surface area is 108 Å². The first-order valence-corrected chi connectivity index (χ1v) is 5.68. The van der Waals surface area contributed by atoms with Gasteiger partial charge in [-0.15, -0.1) is 0 Å². The Balaban J connectivity index is 2.22. The van der Waals surface area contributed by atoms with E-state index in [0.717, 1.165) is 6.07 Å². The van der Waals surface area contributed by atoms with E-state index >= 15 is 0 Å². The SMILES string of the molecule is CC(CO)NC(=O)c1ccc(-n2cncn2)c(F)c1. The summed E-state index contributed by atoms with van der Waals surface area (Å²) in [5, 5.41) is 15.2. The van der Waals surface area contributed by atoms with Crippen molar-refractivity contribution in [1.29, 1.82) is 0 Å². The lowest BCUT2D eigenvalue weighted by Crippen LogP contribution is -2.35. The molecule has 100 valence electrons. The number of hydrogen-bond acceptors (Lipinski definition) is 4. The fraction of sp³-hybridized carbons (Fsp3) is 0.250. The molecular weight excluding hydrogens is 251 g/mol. The predicted molar refractivity (Wildman–Crippen MR) is 65.3 cm³/mol. The van der Waals surface area contributed by atoms with Gasteiger partial charge >= 0.3 is 0 Å². The first kappa shape index (κ1) is 13.2. The maximum atomic E-state index is 13.9. The van der Waals surface area contributed by atoms with Gasteiger partial charge in [0.25, 0.3) is 5.91 Å². The zero-order chi connectivity index (χ0) is 13.8. The van der Waals surface area contributed by atoms with Gasteiger partial charge in [-0.1, -0.05) is 0 Å². The number of aliphatic hydroxyl groups is 1. The maximum Gasteiger partial charge on any atom is 0.251 e. The third kappa shape index (κ3) is 2.94. The zero-order valence-electron chi connectivity index (χ0n) is 10.2. The van der Waals surface area contributed by atoms with Crippen LogP contribution in [0.5, 0.6) is 0 Å². The molecule has 19 heavy (non-hydrogen) atoms. The summed E-state index contributed by atoms with van der Waals surface area (Å²) in [6, 6.07) is 3.67. The van der Waals surface area contributed by atoms with Crippen LogP contribution < -0.4 is 5.32 Å². The van der Waals surface area contributed by atoms with E-state index in [1.807, 2.05) is 0 Å². The van der Waals surface area contributed by atoms with Crippen LogP contribution in [0.25, 0.3) is 5.69 Å². The number of aromatic nitrogens is 3. The molecular formula is C12H13FN4O2. The predicted octanol–water partition coefficient (Wildman–Crippen LogP) is 0.517. The van der Waals surface area contributed by atoms with Gasteiger partial charge in [0.1, 0.15) is 24.2 Å². The quantitative estimate of drug-likeness (QED) is 0.843. The van der Waals surface area contributed by atoms with Crippen LogP contribution in [-0.4, -0.2) is 38.4 Å². The van der Waals surface area contributed by atoms with Crippen LogP contribution in [-0.2, 0) is 0 Å². The molecule has 1 atom stereocenters. The van der Waals surface area contributed by atoms with E-state index in [1.165, 1.54) is 29.5 Å². The Morgan fingerprint density at radius 2 is 2.37 bits per heavy atom. The Kier molecular flexibility index (Phi) is 3.86. The Hall–Kier alpha value is -2.28. The van der Waals surface area contributed by atoms with Gasteiger partial charge in [0.15, 0.2) is 0 Å². The van der Waals surface area contributed by atoms with Crippen molar-refractivity contribution in [3.8, 4) is 5.69 Å².